The monoisotopic (exact) mass is 383 g/mol. The van der Waals surface area contributed by atoms with E-state index < -0.39 is 24.0 Å². The first kappa shape index (κ1) is 19.5. The Morgan fingerprint density at radius 3 is 2.32 bits per heavy atom. The maximum atomic E-state index is 12.2. The summed E-state index contributed by atoms with van der Waals surface area (Å²) in [5, 5.41) is 17.9. The number of benzene rings is 2. The minimum absolute atomic E-state index is 0.0607. The lowest BCUT2D eigenvalue weighted by molar-refractivity contribution is -0.137. The van der Waals surface area contributed by atoms with Crippen molar-refractivity contribution in [2.24, 2.45) is 0 Å². The van der Waals surface area contributed by atoms with Crippen LogP contribution in [-0.2, 0) is 25.5 Å². The van der Waals surface area contributed by atoms with Gasteiger partial charge in [0.1, 0.15) is 6.61 Å². The molecule has 0 spiro atoms. The van der Waals surface area contributed by atoms with Crippen LogP contribution < -0.4 is 16.0 Å². The van der Waals surface area contributed by atoms with Crippen molar-refractivity contribution in [3.63, 3.8) is 0 Å². The summed E-state index contributed by atoms with van der Waals surface area (Å²) in [6.45, 7) is -0.0607. The van der Waals surface area contributed by atoms with Gasteiger partial charge < -0.3 is 25.8 Å². The first-order chi connectivity index (χ1) is 13.5. The molecule has 8 nitrogen and oxygen atoms in total. The van der Waals surface area contributed by atoms with E-state index in [1.54, 1.807) is 24.3 Å². The molecule has 0 saturated carbocycles. The molecule has 28 heavy (non-hydrogen) atoms. The van der Waals surface area contributed by atoms with E-state index in [2.05, 4.69) is 16.0 Å². The molecular formula is C20H21N3O5. The second kappa shape index (κ2) is 8.64. The Labute approximate surface area is 161 Å². The van der Waals surface area contributed by atoms with Crippen molar-refractivity contribution in [3.05, 3.63) is 59.7 Å². The van der Waals surface area contributed by atoms with E-state index in [9.17, 15) is 19.5 Å². The van der Waals surface area contributed by atoms with Gasteiger partial charge in [0.15, 0.2) is 0 Å². The molecule has 3 rings (SSSR count). The molecule has 0 fully saturated rings. The van der Waals surface area contributed by atoms with E-state index >= 15 is 0 Å². The van der Waals surface area contributed by atoms with E-state index in [0.717, 1.165) is 11.1 Å². The predicted octanol–water partition coefficient (Wildman–Crippen LogP) is 0.984. The Bertz CT molecular complexity index is 882. The highest BCUT2D eigenvalue weighted by atomic mass is 16.5. The van der Waals surface area contributed by atoms with Gasteiger partial charge in [0, 0.05) is 24.9 Å². The second-order valence-electron chi connectivity index (χ2n) is 6.43. The molecule has 0 heterocycles. The lowest BCUT2D eigenvalue weighted by atomic mass is 10.1. The Morgan fingerprint density at radius 1 is 1.00 bits per heavy atom. The van der Waals surface area contributed by atoms with E-state index in [4.69, 9.17) is 4.74 Å². The summed E-state index contributed by atoms with van der Waals surface area (Å²) in [5.41, 5.74) is 2.70. The lowest BCUT2D eigenvalue weighted by Gasteiger charge is -2.17. The third kappa shape index (κ3) is 4.54. The number of aliphatic hydroxyl groups is 1. The zero-order valence-electron chi connectivity index (χ0n) is 15.3. The van der Waals surface area contributed by atoms with Crippen LogP contribution in [0.15, 0.2) is 48.5 Å². The summed E-state index contributed by atoms with van der Waals surface area (Å²) >= 11 is 0. The number of methoxy groups -OCH3 is 1. The van der Waals surface area contributed by atoms with Crippen LogP contribution in [0.5, 0.6) is 0 Å². The topological polar surface area (TPSA) is 117 Å². The quantitative estimate of drug-likeness (QED) is 0.575. The third-order valence-electron chi connectivity index (χ3n) is 4.40. The largest absolute Gasteiger partial charge is 0.390 e. The summed E-state index contributed by atoms with van der Waals surface area (Å²) in [6.07, 6.45) is -0.344. The Balaban J connectivity index is 1.57. The smallest absolute Gasteiger partial charge is 0.313 e. The Morgan fingerprint density at radius 2 is 1.64 bits per heavy atom. The van der Waals surface area contributed by atoms with Gasteiger partial charge in [-0.25, -0.2) is 0 Å². The molecule has 0 saturated heterocycles. The fourth-order valence-corrected chi connectivity index (χ4v) is 3.11. The molecule has 4 N–H and O–H groups in total. The molecule has 2 aromatic rings. The minimum Gasteiger partial charge on any atom is -0.390 e. The van der Waals surface area contributed by atoms with Gasteiger partial charge in [-0.05, 0) is 35.4 Å². The molecular weight excluding hydrogens is 362 g/mol. The zero-order chi connectivity index (χ0) is 20.1. The molecule has 1 aliphatic carbocycles. The SMILES string of the molecule is COCC(=O)Nc1ccc(NC(=O)C(=O)N[C@H]2c3ccccc3C[C@H]2O)cc1. The second-order valence-corrected chi connectivity index (χ2v) is 6.43. The molecule has 0 radical (unpaired) electrons. The van der Waals surface area contributed by atoms with Crippen LogP contribution in [0.3, 0.4) is 0 Å². The average Bonchev–Trinajstić information content (AvgIpc) is 2.99. The number of anilines is 2. The van der Waals surface area contributed by atoms with Crippen molar-refractivity contribution in [2.75, 3.05) is 24.4 Å². The molecule has 3 amide bonds. The fourth-order valence-electron chi connectivity index (χ4n) is 3.11. The maximum Gasteiger partial charge on any atom is 0.313 e. The van der Waals surface area contributed by atoms with Crippen LogP contribution in [0.1, 0.15) is 17.2 Å². The predicted molar refractivity (Wildman–Crippen MR) is 103 cm³/mol. The van der Waals surface area contributed by atoms with Gasteiger partial charge >= 0.3 is 11.8 Å². The first-order valence-corrected chi connectivity index (χ1v) is 8.74. The van der Waals surface area contributed by atoms with Gasteiger partial charge in [0.05, 0.1) is 12.1 Å². The normalized spacial score (nSPS) is 17.5. The number of hydrogen-bond acceptors (Lipinski definition) is 5. The Kier molecular flexibility index (Phi) is 6.03. The van der Waals surface area contributed by atoms with Gasteiger partial charge in [-0.15, -0.1) is 0 Å². The summed E-state index contributed by atoms with van der Waals surface area (Å²) in [6, 6.07) is 13.1. The van der Waals surface area contributed by atoms with E-state index in [-0.39, 0.29) is 12.5 Å². The van der Waals surface area contributed by atoms with Crippen LogP contribution in [0.4, 0.5) is 11.4 Å². The summed E-state index contributed by atoms with van der Waals surface area (Å²) in [5.74, 6) is -1.97. The molecule has 2 atom stereocenters. The lowest BCUT2D eigenvalue weighted by Crippen LogP contribution is -2.40. The molecule has 8 heteroatoms. The van der Waals surface area contributed by atoms with E-state index in [1.807, 2.05) is 24.3 Å². The van der Waals surface area contributed by atoms with Crippen molar-refractivity contribution in [3.8, 4) is 0 Å². The summed E-state index contributed by atoms with van der Waals surface area (Å²) in [7, 11) is 1.42. The molecule has 0 unspecified atom stereocenters. The summed E-state index contributed by atoms with van der Waals surface area (Å²) < 4.78 is 4.73. The highest BCUT2D eigenvalue weighted by Crippen LogP contribution is 2.31. The average molecular weight is 383 g/mol. The van der Waals surface area contributed by atoms with Gasteiger partial charge in [0.2, 0.25) is 5.91 Å². The maximum absolute atomic E-state index is 12.2. The van der Waals surface area contributed by atoms with E-state index in [1.165, 1.54) is 7.11 Å². The van der Waals surface area contributed by atoms with Gasteiger partial charge in [-0.3, -0.25) is 14.4 Å². The van der Waals surface area contributed by atoms with Crippen molar-refractivity contribution in [2.45, 2.75) is 18.6 Å². The number of amides is 3. The van der Waals surface area contributed by atoms with Crippen LogP contribution >= 0.6 is 0 Å². The van der Waals surface area contributed by atoms with Crippen molar-refractivity contribution in [1.82, 2.24) is 5.32 Å². The van der Waals surface area contributed by atoms with Gasteiger partial charge in [-0.1, -0.05) is 24.3 Å². The van der Waals surface area contributed by atoms with Crippen LogP contribution in [0.25, 0.3) is 0 Å². The first-order valence-electron chi connectivity index (χ1n) is 8.74. The number of ether oxygens (including phenoxy) is 1. The van der Waals surface area contributed by atoms with Gasteiger partial charge in [-0.2, -0.15) is 0 Å². The molecule has 0 bridgehead atoms. The molecule has 2 aromatic carbocycles. The number of hydrogen-bond donors (Lipinski definition) is 4. The van der Waals surface area contributed by atoms with Crippen molar-refractivity contribution < 1.29 is 24.2 Å². The van der Waals surface area contributed by atoms with Gasteiger partial charge in [0.25, 0.3) is 0 Å². The Hall–Kier alpha value is -3.23. The highest BCUT2D eigenvalue weighted by molar-refractivity contribution is 6.39. The standard InChI is InChI=1S/C20H21N3O5/c1-28-11-17(25)21-13-6-8-14(9-7-13)22-19(26)20(27)23-18-15-5-3-2-4-12(15)10-16(18)24/h2-9,16,18,24H,10-11H2,1H3,(H,21,25)(H,22,26)(H,23,27)/t16-,18+/m1/s1. The molecule has 146 valence electrons. The zero-order valence-corrected chi connectivity index (χ0v) is 15.3. The number of nitrogens with one attached hydrogen (secondary N) is 3. The van der Waals surface area contributed by atoms with Crippen LogP contribution in [0.2, 0.25) is 0 Å². The fraction of sp³-hybridized carbons (Fsp3) is 0.250. The number of aliphatic hydroxyl groups excluding tert-OH is 1. The molecule has 1 aliphatic rings. The van der Waals surface area contributed by atoms with Crippen molar-refractivity contribution in [1.29, 1.82) is 0 Å². The van der Waals surface area contributed by atoms with Crippen LogP contribution in [-0.4, -0.2) is 42.6 Å². The third-order valence-corrected chi connectivity index (χ3v) is 4.40. The number of fused-ring (bicyclic) bond motifs is 1. The molecule has 0 aromatic heterocycles. The number of carbonyl (C=O) groups excluding carboxylic acids is 3. The highest BCUT2D eigenvalue weighted by Gasteiger charge is 2.33. The van der Waals surface area contributed by atoms with Crippen molar-refractivity contribution >= 4 is 29.1 Å². The van der Waals surface area contributed by atoms with Crippen LogP contribution in [0, 0.1) is 0 Å². The number of carbonyl (C=O) groups is 3. The molecule has 0 aliphatic heterocycles. The number of rotatable bonds is 5. The van der Waals surface area contributed by atoms with E-state index in [0.29, 0.717) is 17.8 Å². The summed E-state index contributed by atoms with van der Waals surface area (Å²) in [4.78, 5) is 35.9. The minimum atomic E-state index is -0.840.